The molecule has 21 heavy (non-hydrogen) atoms. The molecule has 1 saturated heterocycles. The maximum atomic E-state index is 3.88. The molecule has 2 rings (SSSR count). The third-order valence-corrected chi connectivity index (χ3v) is 5.83. The van der Waals surface area contributed by atoms with Crippen LogP contribution in [0.4, 0.5) is 0 Å². The van der Waals surface area contributed by atoms with Gasteiger partial charge in [-0.1, -0.05) is 47.0 Å². The van der Waals surface area contributed by atoms with E-state index in [1.54, 1.807) is 0 Å². The van der Waals surface area contributed by atoms with E-state index in [0.29, 0.717) is 5.41 Å². The Bertz CT molecular complexity index is 288. The van der Waals surface area contributed by atoms with E-state index in [4.69, 9.17) is 0 Å². The molecule has 2 fully saturated rings. The fraction of sp³-hybridized carbons (Fsp3) is 1.00. The average molecular weight is 295 g/mol. The van der Waals surface area contributed by atoms with Crippen LogP contribution in [0, 0.1) is 17.3 Å². The third-order valence-electron chi connectivity index (χ3n) is 5.83. The summed E-state index contributed by atoms with van der Waals surface area (Å²) in [7, 11) is 0. The highest BCUT2D eigenvalue weighted by atomic mass is 15.2. The minimum absolute atomic E-state index is 0.478. The van der Waals surface area contributed by atoms with Crippen molar-refractivity contribution in [1.29, 1.82) is 0 Å². The summed E-state index contributed by atoms with van der Waals surface area (Å²) < 4.78 is 0. The second-order valence-electron chi connectivity index (χ2n) is 8.57. The van der Waals surface area contributed by atoms with E-state index in [1.165, 1.54) is 71.1 Å². The van der Waals surface area contributed by atoms with Gasteiger partial charge in [0.25, 0.3) is 0 Å². The molecule has 2 unspecified atom stereocenters. The molecule has 0 aromatic carbocycles. The first-order chi connectivity index (χ1) is 10.0. The maximum absolute atomic E-state index is 3.88. The van der Waals surface area contributed by atoms with Crippen molar-refractivity contribution in [3.8, 4) is 0 Å². The van der Waals surface area contributed by atoms with Gasteiger partial charge in [0.2, 0.25) is 0 Å². The SMILES string of the molecule is CCCNC(CN1CCC(C(C)(C)C)C1)C1CCCCC1. The van der Waals surface area contributed by atoms with Crippen molar-refractivity contribution in [2.75, 3.05) is 26.2 Å². The molecule has 2 aliphatic rings. The van der Waals surface area contributed by atoms with Crippen LogP contribution in [0.1, 0.15) is 72.6 Å². The third kappa shape index (κ3) is 5.25. The Kier molecular flexibility index (Phi) is 6.55. The Morgan fingerprint density at radius 2 is 1.81 bits per heavy atom. The van der Waals surface area contributed by atoms with Gasteiger partial charge >= 0.3 is 0 Å². The monoisotopic (exact) mass is 294 g/mol. The van der Waals surface area contributed by atoms with Gasteiger partial charge in [-0.25, -0.2) is 0 Å². The molecule has 1 N–H and O–H groups in total. The van der Waals surface area contributed by atoms with Crippen LogP contribution in [-0.4, -0.2) is 37.1 Å². The van der Waals surface area contributed by atoms with Crippen LogP contribution in [0.3, 0.4) is 0 Å². The van der Waals surface area contributed by atoms with Crippen LogP contribution < -0.4 is 5.32 Å². The molecule has 2 nitrogen and oxygen atoms in total. The zero-order valence-corrected chi connectivity index (χ0v) is 15.0. The van der Waals surface area contributed by atoms with Gasteiger partial charge in [0.05, 0.1) is 0 Å². The van der Waals surface area contributed by atoms with Crippen LogP contribution in [0.5, 0.6) is 0 Å². The predicted molar refractivity (Wildman–Crippen MR) is 92.7 cm³/mol. The predicted octanol–water partition coefficient (Wildman–Crippen LogP) is 4.30. The lowest BCUT2D eigenvalue weighted by Crippen LogP contribution is -2.46. The Morgan fingerprint density at radius 3 is 2.38 bits per heavy atom. The van der Waals surface area contributed by atoms with Crippen LogP contribution in [-0.2, 0) is 0 Å². The number of hydrogen-bond acceptors (Lipinski definition) is 2. The van der Waals surface area contributed by atoms with Gasteiger partial charge in [-0.05, 0) is 56.0 Å². The van der Waals surface area contributed by atoms with Crippen molar-refractivity contribution in [1.82, 2.24) is 10.2 Å². The average Bonchev–Trinajstić information content (AvgIpc) is 2.93. The van der Waals surface area contributed by atoms with E-state index < -0.39 is 0 Å². The Labute approximate surface area is 133 Å². The Hall–Kier alpha value is -0.0800. The van der Waals surface area contributed by atoms with Gasteiger partial charge in [-0.2, -0.15) is 0 Å². The van der Waals surface area contributed by atoms with Crippen LogP contribution >= 0.6 is 0 Å². The molecule has 1 aliphatic heterocycles. The first kappa shape index (κ1) is 17.3. The van der Waals surface area contributed by atoms with E-state index in [2.05, 4.69) is 37.9 Å². The minimum Gasteiger partial charge on any atom is -0.312 e. The molecule has 1 aliphatic carbocycles. The van der Waals surface area contributed by atoms with Gasteiger partial charge in [-0.3, -0.25) is 0 Å². The van der Waals surface area contributed by atoms with Crippen LogP contribution in [0.2, 0.25) is 0 Å². The summed E-state index contributed by atoms with van der Waals surface area (Å²) in [6.45, 7) is 14.6. The lowest BCUT2D eigenvalue weighted by molar-refractivity contribution is 0.184. The fourth-order valence-electron chi connectivity index (χ4n) is 4.23. The normalized spacial score (nSPS) is 27.1. The highest BCUT2D eigenvalue weighted by molar-refractivity contribution is 4.88. The fourth-order valence-corrected chi connectivity index (χ4v) is 4.23. The van der Waals surface area contributed by atoms with Crippen molar-refractivity contribution < 1.29 is 0 Å². The van der Waals surface area contributed by atoms with E-state index >= 15 is 0 Å². The topological polar surface area (TPSA) is 15.3 Å². The lowest BCUT2D eigenvalue weighted by Gasteiger charge is -2.34. The quantitative estimate of drug-likeness (QED) is 0.785. The van der Waals surface area contributed by atoms with Gasteiger partial charge in [0.1, 0.15) is 0 Å². The molecule has 124 valence electrons. The van der Waals surface area contributed by atoms with E-state index in [0.717, 1.165) is 17.9 Å². The van der Waals surface area contributed by atoms with Gasteiger partial charge < -0.3 is 10.2 Å². The van der Waals surface area contributed by atoms with E-state index in [-0.39, 0.29) is 0 Å². The van der Waals surface area contributed by atoms with Crippen LogP contribution in [0.15, 0.2) is 0 Å². The lowest BCUT2D eigenvalue weighted by atomic mass is 9.80. The number of likely N-dealkylation sites (tertiary alicyclic amines) is 1. The summed E-state index contributed by atoms with van der Waals surface area (Å²) in [6, 6.07) is 0.740. The summed E-state index contributed by atoms with van der Waals surface area (Å²) in [4.78, 5) is 2.75. The number of hydrogen-bond donors (Lipinski definition) is 1. The largest absolute Gasteiger partial charge is 0.312 e. The molecule has 2 heteroatoms. The van der Waals surface area contributed by atoms with Gasteiger partial charge in [-0.15, -0.1) is 0 Å². The molecular formula is C19H38N2. The second-order valence-corrected chi connectivity index (χ2v) is 8.57. The molecule has 0 bridgehead atoms. The first-order valence-electron chi connectivity index (χ1n) is 9.46. The summed E-state index contributed by atoms with van der Waals surface area (Å²) in [6.07, 6.45) is 9.95. The van der Waals surface area contributed by atoms with Crippen molar-refractivity contribution >= 4 is 0 Å². The number of rotatable bonds is 6. The molecule has 0 radical (unpaired) electrons. The molecule has 2 atom stereocenters. The highest BCUT2D eigenvalue weighted by Crippen LogP contribution is 2.34. The summed E-state index contributed by atoms with van der Waals surface area (Å²) >= 11 is 0. The first-order valence-corrected chi connectivity index (χ1v) is 9.46. The molecule has 1 saturated carbocycles. The standard InChI is InChI=1S/C19H38N2/c1-5-12-20-18(16-9-7-6-8-10-16)15-21-13-11-17(14-21)19(2,3)4/h16-18,20H,5-15H2,1-4H3. The molecular weight excluding hydrogens is 256 g/mol. The maximum Gasteiger partial charge on any atom is 0.0223 e. The molecule has 0 aromatic rings. The zero-order chi connectivity index (χ0) is 15.3. The Morgan fingerprint density at radius 1 is 1.10 bits per heavy atom. The van der Waals surface area contributed by atoms with Crippen molar-refractivity contribution in [2.45, 2.75) is 78.7 Å². The van der Waals surface area contributed by atoms with Crippen molar-refractivity contribution in [3.05, 3.63) is 0 Å². The zero-order valence-electron chi connectivity index (χ0n) is 15.0. The molecule has 0 amide bonds. The minimum atomic E-state index is 0.478. The van der Waals surface area contributed by atoms with E-state index in [1.807, 2.05) is 0 Å². The van der Waals surface area contributed by atoms with Gasteiger partial charge in [0.15, 0.2) is 0 Å². The summed E-state index contributed by atoms with van der Waals surface area (Å²) in [5, 5.41) is 3.88. The number of nitrogens with one attached hydrogen (secondary N) is 1. The van der Waals surface area contributed by atoms with Crippen LogP contribution in [0.25, 0.3) is 0 Å². The molecule has 0 spiro atoms. The summed E-state index contributed by atoms with van der Waals surface area (Å²) in [5.74, 6) is 1.81. The number of nitrogens with zero attached hydrogens (tertiary/aromatic N) is 1. The van der Waals surface area contributed by atoms with Crippen molar-refractivity contribution in [2.24, 2.45) is 17.3 Å². The highest BCUT2D eigenvalue weighted by Gasteiger charge is 2.33. The molecule has 1 heterocycles. The van der Waals surface area contributed by atoms with E-state index in [9.17, 15) is 0 Å². The van der Waals surface area contributed by atoms with Gasteiger partial charge in [0, 0.05) is 19.1 Å². The summed E-state index contributed by atoms with van der Waals surface area (Å²) in [5.41, 5.74) is 0.478. The van der Waals surface area contributed by atoms with Crippen molar-refractivity contribution in [3.63, 3.8) is 0 Å². The smallest absolute Gasteiger partial charge is 0.0223 e. The Balaban J connectivity index is 1.86. The molecule has 0 aromatic heterocycles. The second kappa shape index (κ2) is 7.97.